The van der Waals surface area contributed by atoms with Gasteiger partial charge in [0.25, 0.3) is 0 Å². The number of nitrogens with zero attached hydrogens (tertiary/aromatic N) is 4. The molecule has 1 aliphatic rings. The van der Waals surface area contributed by atoms with E-state index in [0.29, 0.717) is 17.4 Å². The van der Waals surface area contributed by atoms with E-state index in [1.807, 2.05) is 18.2 Å². The Morgan fingerprint density at radius 3 is 2.83 bits per heavy atom. The van der Waals surface area contributed by atoms with Gasteiger partial charge in [-0.2, -0.15) is 5.10 Å². The average molecular weight is 316 g/mol. The molecule has 23 heavy (non-hydrogen) atoms. The molecule has 0 bridgehead atoms. The van der Waals surface area contributed by atoms with E-state index in [0.717, 1.165) is 30.8 Å². The molecule has 0 spiro atoms. The minimum Gasteiger partial charge on any atom is -0.496 e. The number of hydrogen-bond donors (Lipinski definition) is 0. The van der Waals surface area contributed by atoms with Crippen LogP contribution in [-0.4, -0.2) is 34.9 Å². The van der Waals surface area contributed by atoms with Gasteiger partial charge in [-0.25, -0.2) is 4.68 Å². The number of aryl methyl sites for hydroxylation is 2. The van der Waals surface area contributed by atoms with E-state index in [9.17, 15) is 10.1 Å². The summed E-state index contributed by atoms with van der Waals surface area (Å²) in [5, 5.41) is 15.6. The van der Waals surface area contributed by atoms with Crippen LogP contribution in [0.3, 0.4) is 0 Å². The fourth-order valence-corrected chi connectivity index (χ4v) is 3.41. The number of rotatable bonds is 4. The lowest BCUT2D eigenvalue weighted by Gasteiger charge is -2.18. The Labute approximate surface area is 134 Å². The molecule has 0 amide bonds. The molecule has 0 N–H and O–H groups in total. The molecule has 1 unspecified atom stereocenters. The number of benzene rings is 1. The molecule has 3 rings (SSSR count). The van der Waals surface area contributed by atoms with Gasteiger partial charge in [-0.15, -0.1) is 0 Å². The standard InChI is InChI=1S/C16H20N4O3/c1-11-15(20(21)22)16(18(2)17-11)19-9-8-12(10-19)13-6-4-5-7-14(13)23-3/h4-7,12H,8-10H2,1-3H3. The summed E-state index contributed by atoms with van der Waals surface area (Å²) in [5.41, 5.74) is 1.71. The zero-order valence-electron chi connectivity index (χ0n) is 13.5. The van der Waals surface area contributed by atoms with Crippen LogP contribution in [0.25, 0.3) is 0 Å². The van der Waals surface area contributed by atoms with Gasteiger partial charge in [0.2, 0.25) is 5.82 Å². The van der Waals surface area contributed by atoms with E-state index in [1.54, 1.807) is 25.8 Å². The SMILES string of the molecule is COc1ccccc1C1CCN(c2c([N+](=O)[O-])c(C)nn2C)C1. The maximum atomic E-state index is 11.4. The maximum Gasteiger partial charge on any atom is 0.333 e. The fraction of sp³-hybridized carbons (Fsp3) is 0.438. The zero-order chi connectivity index (χ0) is 16.6. The van der Waals surface area contributed by atoms with Gasteiger partial charge < -0.3 is 9.64 Å². The van der Waals surface area contributed by atoms with Crippen molar-refractivity contribution in [3.05, 3.63) is 45.6 Å². The lowest BCUT2D eigenvalue weighted by atomic mass is 9.97. The molecule has 1 aromatic heterocycles. The zero-order valence-corrected chi connectivity index (χ0v) is 13.5. The summed E-state index contributed by atoms with van der Waals surface area (Å²) >= 11 is 0. The molecule has 122 valence electrons. The molecular formula is C16H20N4O3. The first-order valence-electron chi connectivity index (χ1n) is 7.58. The minimum atomic E-state index is -0.339. The van der Waals surface area contributed by atoms with Crippen molar-refractivity contribution in [1.82, 2.24) is 9.78 Å². The van der Waals surface area contributed by atoms with Gasteiger partial charge in [0.1, 0.15) is 11.4 Å². The fourth-order valence-electron chi connectivity index (χ4n) is 3.41. The molecule has 0 saturated carbocycles. The summed E-state index contributed by atoms with van der Waals surface area (Å²) in [6.07, 6.45) is 0.932. The number of hydrogen-bond acceptors (Lipinski definition) is 5. The number of nitro groups is 1. The molecule has 0 radical (unpaired) electrons. The summed E-state index contributed by atoms with van der Waals surface area (Å²) in [4.78, 5) is 13.1. The number of para-hydroxylation sites is 1. The summed E-state index contributed by atoms with van der Waals surface area (Å²) in [6.45, 7) is 3.16. The van der Waals surface area contributed by atoms with E-state index < -0.39 is 0 Å². The van der Waals surface area contributed by atoms with Crippen molar-refractivity contribution < 1.29 is 9.66 Å². The first kappa shape index (κ1) is 15.3. The monoisotopic (exact) mass is 316 g/mol. The van der Waals surface area contributed by atoms with Crippen molar-refractivity contribution in [3.63, 3.8) is 0 Å². The number of aromatic nitrogens is 2. The normalized spacial score (nSPS) is 17.5. The maximum absolute atomic E-state index is 11.4. The predicted octanol–water partition coefficient (Wildman–Crippen LogP) is 2.64. The van der Waals surface area contributed by atoms with Crippen molar-refractivity contribution in [3.8, 4) is 5.75 Å². The minimum absolute atomic E-state index is 0.105. The summed E-state index contributed by atoms with van der Waals surface area (Å²) in [6, 6.07) is 7.96. The third-order valence-electron chi connectivity index (χ3n) is 4.41. The molecule has 1 aliphatic heterocycles. The molecular weight excluding hydrogens is 296 g/mol. The molecule has 7 nitrogen and oxygen atoms in total. The molecule has 2 heterocycles. The van der Waals surface area contributed by atoms with Crippen LogP contribution in [0.1, 0.15) is 23.6 Å². The number of methoxy groups -OCH3 is 1. The smallest absolute Gasteiger partial charge is 0.333 e. The lowest BCUT2D eigenvalue weighted by Crippen LogP contribution is -2.23. The predicted molar refractivity (Wildman–Crippen MR) is 87.2 cm³/mol. The van der Waals surface area contributed by atoms with Crippen LogP contribution in [0.4, 0.5) is 11.5 Å². The molecule has 1 aromatic carbocycles. The van der Waals surface area contributed by atoms with Crippen LogP contribution in [0.2, 0.25) is 0 Å². The second kappa shape index (κ2) is 5.91. The largest absolute Gasteiger partial charge is 0.496 e. The Morgan fingerprint density at radius 1 is 1.39 bits per heavy atom. The Kier molecular flexibility index (Phi) is 3.94. The second-order valence-corrected chi connectivity index (χ2v) is 5.81. The van der Waals surface area contributed by atoms with Gasteiger partial charge >= 0.3 is 5.69 Å². The van der Waals surface area contributed by atoms with Gasteiger partial charge in [0.15, 0.2) is 0 Å². The van der Waals surface area contributed by atoms with E-state index in [1.165, 1.54) is 0 Å². The van der Waals surface area contributed by atoms with Gasteiger partial charge in [-0.1, -0.05) is 18.2 Å². The van der Waals surface area contributed by atoms with Crippen LogP contribution in [0, 0.1) is 17.0 Å². The Hall–Kier alpha value is -2.57. The lowest BCUT2D eigenvalue weighted by molar-refractivity contribution is -0.384. The van der Waals surface area contributed by atoms with Gasteiger partial charge in [0, 0.05) is 26.1 Å². The van der Waals surface area contributed by atoms with E-state index >= 15 is 0 Å². The van der Waals surface area contributed by atoms with E-state index in [4.69, 9.17) is 4.74 Å². The van der Waals surface area contributed by atoms with E-state index in [2.05, 4.69) is 16.1 Å². The van der Waals surface area contributed by atoms with Crippen molar-refractivity contribution in [2.24, 2.45) is 7.05 Å². The molecule has 1 saturated heterocycles. The van der Waals surface area contributed by atoms with Crippen LogP contribution < -0.4 is 9.64 Å². The Bertz CT molecular complexity index is 741. The third kappa shape index (κ3) is 2.62. The highest BCUT2D eigenvalue weighted by molar-refractivity contribution is 5.62. The molecule has 1 fully saturated rings. The Balaban J connectivity index is 1.90. The van der Waals surface area contributed by atoms with Crippen molar-refractivity contribution in [1.29, 1.82) is 0 Å². The summed E-state index contributed by atoms with van der Waals surface area (Å²) < 4.78 is 7.05. The second-order valence-electron chi connectivity index (χ2n) is 5.81. The first-order chi connectivity index (χ1) is 11.0. The van der Waals surface area contributed by atoms with Crippen LogP contribution in [0.15, 0.2) is 24.3 Å². The van der Waals surface area contributed by atoms with Crippen LogP contribution in [-0.2, 0) is 7.05 Å². The average Bonchev–Trinajstić information content (AvgIpc) is 3.11. The highest BCUT2D eigenvalue weighted by Crippen LogP contribution is 2.39. The first-order valence-corrected chi connectivity index (χ1v) is 7.58. The van der Waals surface area contributed by atoms with E-state index in [-0.39, 0.29) is 10.6 Å². The topological polar surface area (TPSA) is 73.4 Å². The summed E-state index contributed by atoms with van der Waals surface area (Å²) in [5.74, 6) is 1.75. The van der Waals surface area contributed by atoms with Crippen LogP contribution in [0.5, 0.6) is 5.75 Å². The van der Waals surface area contributed by atoms with Crippen molar-refractivity contribution >= 4 is 11.5 Å². The number of ether oxygens (including phenoxy) is 1. The molecule has 7 heteroatoms. The molecule has 2 aromatic rings. The third-order valence-corrected chi connectivity index (χ3v) is 4.41. The van der Waals surface area contributed by atoms with Gasteiger partial charge in [-0.3, -0.25) is 10.1 Å². The highest BCUT2D eigenvalue weighted by atomic mass is 16.6. The highest BCUT2D eigenvalue weighted by Gasteiger charge is 2.34. The van der Waals surface area contributed by atoms with Crippen molar-refractivity contribution in [2.45, 2.75) is 19.3 Å². The summed E-state index contributed by atoms with van der Waals surface area (Å²) in [7, 11) is 3.42. The van der Waals surface area contributed by atoms with Gasteiger partial charge in [-0.05, 0) is 25.0 Å². The quantitative estimate of drug-likeness (QED) is 0.640. The van der Waals surface area contributed by atoms with Crippen LogP contribution >= 0.6 is 0 Å². The molecule has 1 atom stereocenters. The number of anilines is 1. The van der Waals surface area contributed by atoms with Crippen molar-refractivity contribution in [2.75, 3.05) is 25.1 Å². The van der Waals surface area contributed by atoms with Gasteiger partial charge in [0.05, 0.1) is 12.0 Å². The Morgan fingerprint density at radius 2 is 2.13 bits per heavy atom. The molecule has 0 aliphatic carbocycles.